The number of rotatable bonds is 3. The molecule has 0 aliphatic carbocycles. The average molecular weight is 296 g/mol. The van der Waals surface area contributed by atoms with E-state index in [0.717, 1.165) is 0 Å². The highest BCUT2D eigenvalue weighted by atomic mass is 19.1. The molecule has 3 aromatic rings. The highest BCUT2D eigenvalue weighted by Gasteiger charge is 2.11. The monoisotopic (exact) mass is 296 g/mol. The minimum absolute atomic E-state index is 0.121. The summed E-state index contributed by atoms with van der Waals surface area (Å²) in [5, 5.41) is 0. The predicted octanol–water partition coefficient (Wildman–Crippen LogP) is 3.01. The van der Waals surface area contributed by atoms with Crippen LogP contribution in [0, 0.1) is 5.82 Å². The van der Waals surface area contributed by atoms with Crippen LogP contribution in [-0.2, 0) is 0 Å². The van der Waals surface area contributed by atoms with E-state index in [-0.39, 0.29) is 11.6 Å². The van der Waals surface area contributed by atoms with Crippen molar-refractivity contribution in [3.63, 3.8) is 0 Å². The highest BCUT2D eigenvalue weighted by Crippen LogP contribution is 2.24. The maximum Gasteiger partial charge on any atom is 0.162 e. The number of ketones is 1. The Morgan fingerprint density at radius 3 is 2.82 bits per heavy atom. The SMILES string of the molecule is CCC(=O)c1cc(F)cc(-c2ccc3ncnc(N)c3n2)c1. The van der Waals surface area contributed by atoms with E-state index in [9.17, 15) is 9.18 Å². The van der Waals surface area contributed by atoms with Gasteiger partial charge in [-0.3, -0.25) is 4.79 Å². The Kier molecular flexibility index (Phi) is 3.50. The first-order chi connectivity index (χ1) is 10.6. The lowest BCUT2D eigenvalue weighted by molar-refractivity contribution is 0.0988. The summed E-state index contributed by atoms with van der Waals surface area (Å²) in [5.41, 5.74) is 8.21. The van der Waals surface area contributed by atoms with Gasteiger partial charge in [0, 0.05) is 17.5 Å². The second kappa shape index (κ2) is 5.48. The summed E-state index contributed by atoms with van der Waals surface area (Å²) in [6.45, 7) is 1.74. The van der Waals surface area contributed by atoms with E-state index in [1.54, 1.807) is 25.1 Å². The molecule has 0 atom stereocenters. The van der Waals surface area contributed by atoms with Crippen LogP contribution in [-0.4, -0.2) is 20.7 Å². The summed E-state index contributed by atoms with van der Waals surface area (Å²) in [6.07, 6.45) is 1.67. The van der Waals surface area contributed by atoms with Gasteiger partial charge in [-0.2, -0.15) is 0 Å². The zero-order valence-electron chi connectivity index (χ0n) is 11.9. The Morgan fingerprint density at radius 1 is 1.23 bits per heavy atom. The third-order valence-electron chi connectivity index (χ3n) is 3.35. The number of hydrogen-bond donors (Lipinski definition) is 1. The lowest BCUT2D eigenvalue weighted by Gasteiger charge is -2.06. The lowest BCUT2D eigenvalue weighted by atomic mass is 10.0. The highest BCUT2D eigenvalue weighted by molar-refractivity contribution is 5.97. The molecule has 0 bridgehead atoms. The summed E-state index contributed by atoms with van der Waals surface area (Å²) in [5.74, 6) is -0.342. The average Bonchev–Trinajstić information content (AvgIpc) is 2.53. The fourth-order valence-electron chi connectivity index (χ4n) is 2.22. The van der Waals surface area contributed by atoms with Crippen LogP contribution in [0.4, 0.5) is 10.2 Å². The molecule has 2 N–H and O–H groups in total. The molecule has 0 spiro atoms. The first-order valence-corrected chi connectivity index (χ1v) is 6.80. The molecule has 0 radical (unpaired) electrons. The number of anilines is 1. The molecule has 0 saturated heterocycles. The van der Waals surface area contributed by atoms with Crippen molar-refractivity contribution in [2.45, 2.75) is 13.3 Å². The number of nitrogen functional groups attached to an aromatic ring is 1. The fraction of sp³-hybridized carbons (Fsp3) is 0.125. The van der Waals surface area contributed by atoms with Gasteiger partial charge in [0.25, 0.3) is 0 Å². The molecular formula is C16H13FN4O. The van der Waals surface area contributed by atoms with Crippen LogP contribution in [0.3, 0.4) is 0 Å². The van der Waals surface area contributed by atoms with Crippen molar-refractivity contribution in [2.75, 3.05) is 5.73 Å². The van der Waals surface area contributed by atoms with E-state index in [4.69, 9.17) is 5.73 Å². The number of carbonyl (C=O) groups excluding carboxylic acids is 1. The standard InChI is InChI=1S/C16H13FN4O/c1-2-14(22)10-5-9(6-11(17)7-10)12-3-4-13-15(21-12)16(18)20-8-19-13/h3-8H,2H2,1H3,(H2,18,19,20). The summed E-state index contributed by atoms with van der Waals surface area (Å²) in [6, 6.07) is 7.64. The molecule has 6 heteroatoms. The molecule has 0 unspecified atom stereocenters. The quantitative estimate of drug-likeness (QED) is 0.751. The van der Waals surface area contributed by atoms with Gasteiger partial charge in [0.05, 0.1) is 11.2 Å². The molecule has 22 heavy (non-hydrogen) atoms. The van der Waals surface area contributed by atoms with Crippen LogP contribution in [0.1, 0.15) is 23.7 Å². The number of aromatic nitrogens is 3. The zero-order chi connectivity index (χ0) is 15.7. The molecule has 0 saturated carbocycles. The molecule has 5 nitrogen and oxygen atoms in total. The zero-order valence-corrected chi connectivity index (χ0v) is 11.9. The van der Waals surface area contributed by atoms with Crippen LogP contribution in [0.15, 0.2) is 36.7 Å². The smallest absolute Gasteiger partial charge is 0.162 e. The molecule has 1 aromatic carbocycles. The number of nitrogens with two attached hydrogens (primary N) is 1. The molecule has 3 rings (SSSR count). The minimum Gasteiger partial charge on any atom is -0.382 e. The van der Waals surface area contributed by atoms with Crippen molar-refractivity contribution >= 4 is 22.6 Å². The van der Waals surface area contributed by atoms with E-state index in [1.165, 1.54) is 18.5 Å². The number of nitrogens with zero attached hydrogens (tertiary/aromatic N) is 3. The van der Waals surface area contributed by atoms with Crippen LogP contribution in [0.5, 0.6) is 0 Å². The summed E-state index contributed by atoms with van der Waals surface area (Å²) in [7, 11) is 0. The molecule has 110 valence electrons. The van der Waals surface area contributed by atoms with Crippen molar-refractivity contribution in [2.24, 2.45) is 0 Å². The van der Waals surface area contributed by atoms with Gasteiger partial charge in [0.2, 0.25) is 0 Å². The molecular weight excluding hydrogens is 283 g/mol. The topological polar surface area (TPSA) is 81.8 Å². The Labute approximate surface area is 126 Å². The second-order valence-corrected chi connectivity index (χ2v) is 4.83. The molecule has 2 aromatic heterocycles. The normalized spacial score (nSPS) is 10.8. The fourth-order valence-corrected chi connectivity index (χ4v) is 2.22. The summed E-state index contributed by atoms with van der Waals surface area (Å²) < 4.78 is 13.8. The molecule has 2 heterocycles. The summed E-state index contributed by atoms with van der Waals surface area (Å²) >= 11 is 0. The lowest BCUT2D eigenvalue weighted by Crippen LogP contribution is -1.99. The predicted molar refractivity (Wildman–Crippen MR) is 81.8 cm³/mol. The van der Waals surface area contributed by atoms with Crippen molar-refractivity contribution in [3.05, 3.63) is 48.0 Å². The largest absolute Gasteiger partial charge is 0.382 e. The van der Waals surface area contributed by atoms with Gasteiger partial charge in [-0.05, 0) is 30.3 Å². The van der Waals surface area contributed by atoms with Gasteiger partial charge >= 0.3 is 0 Å². The first kappa shape index (κ1) is 14.1. The Hall–Kier alpha value is -2.89. The molecule has 0 aliphatic rings. The summed E-state index contributed by atoms with van der Waals surface area (Å²) in [4.78, 5) is 24.1. The van der Waals surface area contributed by atoms with Gasteiger partial charge in [-0.25, -0.2) is 19.3 Å². The van der Waals surface area contributed by atoms with Crippen molar-refractivity contribution in [1.82, 2.24) is 15.0 Å². The van der Waals surface area contributed by atoms with Gasteiger partial charge < -0.3 is 5.73 Å². The molecule has 0 fully saturated rings. The molecule has 0 aliphatic heterocycles. The van der Waals surface area contributed by atoms with E-state index < -0.39 is 5.82 Å². The third kappa shape index (κ3) is 2.50. The van der Waals surface area contributed by atoms with Gasteiger partial charge in [-0.15, -0.1) is 0 Å². The first-order valence-electron chi connectivity index (χ1n) is 6.80. The van der Waals surface area contributed by atoms with Crippen LogP contribution in [0.25, 0.3) is 22.3 Å². The van der Waals surface area contributed by atoms with E-state index in [2.05, 4.69) is 15.0 Å². The van der Waals surface area contributed by atoms with Crippen LogP contribution >= 0.6 is 0 Å². The van der Waals surface area contributed by atoms with Crippen molar-refractivity contribution < 1.29 is 9.18 Å². The number of halogens is 1. The van der Waals surface area contributed by atoms with E-state index in [0.29, 0.717) is 34.3 Å². The van der Waals surface area contributed by atoms with Crippen molar-refractivity contribution in [1.29, 1.82) is 0 Å². The van der Waals surface area contributed by atoms with E-state index >= 15 is 0 Å². The minimum atomic E-state index is -0.478. The number of benzene rings is 1. The Morgan fingerprint density at radius 2 is 2.05 bits per heavy atom. The number of hydrogen-bond acceptors (Lipinski definition) is 5. The maximum atomic E-state index is 13.8. The van der Waals surface area contributed by atoms with E-state index in [1.807, 2.05) is 0 Å². The molecule has 0 amide bonds. The van der Waals surface area contributed by atoms with Gasteiger partial charge in [-0.1, -0.05) is 6.92 Å². The maximum absolute atomic E-state index is 13.8. The van der Waals surface area contributed by atoms with Crippen molar-refractivity contribution in [3.8, 4) is 11.3 Å². The number of pyridine rings is 1. The number of fused-ring (bicyclic) bond motifs is 1. The Balaban J connectivity index is 2.17. The van der Waals surface area contributed by atoms with Crippen LogP contribution < -0.4 is 5.73 Å². The van der Waals surface area contributed by atoms with Crippen LogP contribution in [0.2, 0.25) is 0 Å². The number of Topliss-reactive ketones (excluding diaryl/α,β-unsaturated/α-hetero) is 1. The Bertz CT molecular complexity index is 879. The third-order valence-corrected chi connectivity index (χ3v) is 3.35. The second-order valence-electron chi connectivity index (χ2n) is 4.83. The van der Waals surface area contributed by atoms with Gasteiger partial charge in [0.1, 0.15) is 17.7 Å². The number of carbonyl (C=O) groups is 1. The van der Waals surface area contributed by atoms with Gasteiger partial charge in [0.15, 0.2) is 11.6 Å².